The Balaban J connectivity index is 0.000000511. The lowest BCUT2D eigenvalue weighted by Crippen LogP contribution is -2.39. The Hall–Kier alpha value is -1.75. The van der Waals surface area contributed by atoms with E-state index in [0.717, 1.165) is 0 Å². The van der Waals surface area contributed by atoms with Gasteiger partial charge in [0.1, 0.15) is 0 Å². The molecular formula is C14H24ClN5. The number of halogens is 1. The van der Waals surface area contributed by atoms with E-state index in [0.29, 0.717) is 10.7 Å². The second-order valence-corrected chi connectivity index (χ2v) is 4.69. The summed E-state index contributed by atoms with van der Waals surface area (Å²) in [5.74, 6) is -0.337. The van der Waals surface area contributed by atoms with E-state index in [2.05, 4.69) is 24.5 Å². The van der Waals surface area contributed by atoms with Crippen molar-refractivity contribution < 1.29 is 0 Å². The molecule has 0 bridgehead atoms. The van der Waals surface area contributed by atoms with Crippen molar-refractivity contribution in [3.05, 3.63) is 29.3 Å². The first kappa shape index (κ1) is 18.2. The Morgan fingerprint density at radius 3 is 2.00 bits per heavy atom. The number of hydrogen-bond acceptors (Lipinski definition) is 2. The van der Waals surface area contributed by atoms with Gasteiger partial charge in [0.05, 0.1) is 0 Å². The van der Waals surface area contributed by atoms with E-state index in [1.54, 1.807) is 24.3 Å². The third-order valence-electron chi connectivity index (χ3n) is 2.33. The molecule has 0 saturated heterocycles. The van der Waals surface area contributed by atoms with Gasteiger partial charge in [-0.25, -0.2) is 0 Å². The van der Waals surface area contributed by atoms with Gasteiger partial charge in [-0.05, 0) is 24.3 Å². The van der Waals surface area contributed by atoms with Crippen LogP contribution in [0.4, 0.5) is 5.69 Å². The summed E-state index contributed by atoms with van der Waals surface area (Å²) in [6.45, 7) is 4.46. The third kappa shape index (κ3) is 10.2. The molecule has 0 amide bonds. The van der Waals surface area contributed by atoms with Gasteiger partial charge in [-0.1, -0.05) is 51.1 Å². The molecule has 5 nitrogen and oxygen atoms in total. The molecular weight excluding hydrogens is 274 g/mol. The van der Waals surface area contributed by atoms with E-state index < -0.39 is 0 Å². The van der Waals surface area contributed by atoms with Crippen LogP contribution < -0.4 is 16.4 Å². The van der Waals surface area contributed by atoms with E-state index in [4.69, 9.17) is 28.2 Å². The van der Waals surface area contributed by atoms with Crippen LogP contribution in [-0.4, -0.2) is 11.9 Å². The fourth-order valence-electron chi connectivity index (χ4n) is 1.34. The second-order valence-electron chi connectivity index (χ2n) is 4.25. The van der Waals surface area contributed by atoms with Crippen LogP contribution in [0.1, 0.15) is 39.5 Å². The maximum atomic E-state index is 7.33. The predicted octanol–water partition coefficient (Wildman–Crippen LogP) is 3.76. The van der Waals surface area contributed by atoms with Crippen LogP contribution in [-0.2, 0) is 0 Å². The zero-order valence-electron chi connectivity index (χ0n) is 12.1. The average Bonchev–Trinajstić information content (AvgIpc) is 2.39. The summed E-state index contributed by atoms with van der Waals surface area (Å²) in [5.41, 5.74) is 5.74. The molecule has 1 rings (SSSR count). The minimum Gasteiger partial charge on any atom is -0.370 e. The van der Waals surface area contributed by atoms with Crippen LogP contribution in [0.15, 0.2) is 24.3 Å². The monoisotopic (exact) mass is 297 g/mol. The number of rotatable bonds is 4. The van der Waals surface area contributed by atoms with Crippen LogP contribution in [0, 0.1) is 10.8 Å². The lowest BCUT2D eigenvalue weighted by molar-refractivity contribution is 0.702. The maximum absolute atomic E-state index is 7.33. The lowest BCUT2D eigenvalue weighted by atomic mass is 10.2. The minimum atomic E-state index is -0.281. The molecule has 1 aromatic rings. The molecule has 0 heterocycles. The van der Waals surface area contributed by atoms with Crippen molar-refractivity contribution in [3.8, 4) is 0 Å². The lowest BCUT2D eigenvalue weighted by Gasteiger charge is -2.08. The van der Waals surface area contributed by atoms with Gasteiger partial charge in [0, 0.05) is 10.7 Å². The van der Waals surface area contributed by atoms with Crippen LogP contribution in [0.2, 0.25) is 5.02 Å². The van der Waals surface area contributed by atoms with Crippen molar-refractivity contribution in [2.45, 2.75) is 39.5 Å². The zero-order valence-corrected chi connectivity index (χ0v) is 12.8. The van der Waals surface area contributed by atoms with Crippen molar-refractivity contribution in [2.24, 2.45) is 5.73 Å². The van der Waals surface area contributed by atoms with Gasteiger partial charge >= 0.3 is 0 Å². The molecule has 6 N–H and O–H groups in total. The molecule has 0 aliphatic rings. The fourth-order valence-corrected chi connectivity index (χ4v) is 1.47. The first-order chi connectivity index (χ1) is 9.49. The minimum absolute atomic E-state index is 0.0557. The number of hydrogen-bond donors (Lipinski definition) is 5. The van der Waals surface area contributed by atoms with Gasteiger partial charge in [0.25, 0.3) is 0 Å². The SMILES string of the molecule is CCCCCC.N=C(N)NC(=N)Nc1ccc(Cl)cc1. The standard InChI is InChI=1S/C8H10ClN5.C6H14/c9-5-1-3-6(4-2-5)13-8(12)14-7(10)11;1-3-5-6-4-2/h1-4H,(H6,10,11,12,13,14);3-6H2,1-2H3. The Morgan fingerprint density at radius 2 is 1.60 bits per heavy atom. The summed E-state index contributed by atoms with van der Waals surface area (Å²) in [7, 11) is 0. The van der Waals surface area contributed by atoms with Crippen molar-refractivity contribution >= 4 is 29.2 Å². The van der Waals surface area contributed by atoms with E-state index >= 15 is 0 Å². The molecule has 0 fully saturated rings. The maximum Gasteiger partial charge on any atom is 0.199 e. The van der Waals surface area contributed by atoms with Gasteiger partial charge in [0.15, 0.2) is 11.9 Å². The van der Waals surface area contributed by atoms with Crippen LogP contribution in [0.25, 0.3) is 0 Å². The molecule has 112 valence electrons. The number of anilines is 1. The molecule has 0 saturated carbocycles. The van der Waals surface area contributed by atoms with Crippen molar-refractivity contribution in [2.75, 3.05) is 5.32 Å². The quantitative estimate of drug-likeness (QED) is 0.332. The molecule has 0 aliphatic heterocycles. The van der Waals surface area contributed by atoms with E-state index in [1.165, 1.54) is 25.7 Å². The van der Waals surface area contributed by atoms with E-state index in [-0.39, 0.29) is 11.9 Å². The summed E-state index contributed by atoms with van der Waals surface area (Å²) in [4.78, 5) is 0. The molecule has 0 unspecified atom stereocenters. The summed E-state index contributed by atoms with van der Waals surface area (Å²) in [6, 6.07) is 6.84. The molecule has 20 heavy (non-hydrogen) atoms. The van der Waals surface area contributed by atoms with Crippen molar-refractivity contribution in [1.29, 1.82) is 10.8 Å². The predicted molar refractivity (Wildman–Crippen MR) is 87.7 cm³/mol. The number of unbranched alkanes of at least 4 members (excludes halogenated alkanes) is 3. The van der Waals surface area contributed by atoms with Gasteiger partial charge in [0.2, 0.25) is 0 Å². The van der Waals surface area contributed by atoms with E-state index in [9.17, 15) is 0 Å². The van der Waals surface area contributed by atoms with Gasteiger partial charge < -0.3 is 11.1 Å². The van der Waals surface area contributed by atoms with Crippen molar-refractivity contribution in [3.63, 3.8) is 0 Å². The average molecular weight is 298 g/mol. The van der Waals surface area contributed by atoms with Gasteiger partial charge in [-0.3, -0.25) is 16.1 Å². The van der Waals surface area contributed by atoms with Gasteiger partial charge in [-0.2, -0.15) is 0 Å². The third-order valence-corrected chi connectivity index (χ3v) is 2.58. The Morgan fingerprint density at radius 1 is 1.10 bits per heavy atom. The highest BCUT2D eigenvalue weighted by Crippen LogP contribution is 2.12. The molecule has 0 radical (unpaired) electrons. The second kappa shape index (κ2) is 11.1. The number of nitrogens with two attached hydrogens (primary N) is 1. The molecule has 0 aromatic heterocycles. The summed E-state index contributed by atoms with van der Waals surface area (Å²) >= 11 is 5.68. The smallest absolute Gasteiger partial charge is 0.199 e. The first-order valence-electron chi connectivity index (χ1n) is 6.71. The molecule has 0 atom stereocenters. The molecule has 6 heteroatoms. The van der Waals surface area contributed by atoms with Crippen LogP contribution in [0.5, 0.6) is 0 Å². The number of nitrogens with one attached hydrogen (secondary N) is 4. The summed E-state index contributed by atoms with van der Waals surface area (Å²) < 4.78 is 0. The molecule has 1 aromatic carbocycles. The highest BCUT2D eigenvalue weighted by Gasteiger charge is 1.97. The van der Waals surface area contributed by atoms with Gasteiger partial charge in [-0.15, -0.1) is 0 Å². The Labute approximate surface area is 125 Å². The summed E-state index contributed by atoms with van der Waals surface area (Å²) in [6.07, 6.45) is 5.54. The Kier molecular flexibility index (Phi) is 10.1. The highest BCUT2D eigenvalue weighted by atomic mass is 35.5. The largest absolute Gasteiger partial charge is 0.370 e. The van der Waals surface area contributed by atoms with Crippen molar-refractivity contribution in [1.82, 2.24) is 5.32 Å². The van der Waals surface area contributed by atoms with E-state index in [1.807, 2.05) is 0 Å². The molecule has 0 aliphatic carbocycles. The fraction of sp³-hybridized carbons (Fsp3) is 0.429. The van der Waals surface area contributed by atoms with Crippen LogP contribution >= 0.6 is 11.6 Å². The zero-order chi connectivity index (χ0) is 15.4. The Bertz CT molecular complexity index is 399. The molecule has 0 spiro atoms. The topological polar surface area (TPSA) is 97.8 Å². The number of benzene rings is 1. The van der Waals surface area contributed by atoms with Crippen LogP contribution in [0.3, 0.4) is 0 Å². The highest BCUT2D eigenvalue weighted by molar-refractivity contribution is 6.30. The normalized spacial score (nSPS) is 9.15. The first-order valence-corrected chi connectivity index (χ1v) is 7.09. The summed E-state index contributed by atoms with van der Waals surface area (Å²) in [5, 5.41) is 19.8. The number of guanidine groups is 2.